The van der Waals surface area contributed by atoms with Gasteiger partial charge in [-0.1, -0.05) is 13.8 Å². The van der Waals surface area contributed by atoms with Crippen LogP contribution in [0.2, 0.25) is 0 Å². The van der Waals surface area contributed by atoms with Crippen LogP contribution in [0.15, 0.2) is 0 Å². The fourth-order valence-corrected chi connectivity index (χ4v) is 2.11. The molecule has 0 aliphatic carbocycles. The lowest BCUT2D eigenvalue weighted by molar-refractivity contribution is -0.126. The van der Waals surface area contributed by atoms with Gasteiger partial charge in [-0.2, -0.15) is 0 Å². The van der Waals surface area contributed by atoms with Crippen molar-refractivity contribution in [1.82, 2.24) is 10.2 Å². The molecule has 0 saturated carbocycles. The Morgan fingerprint density at radius 2 is 2.24 bits per heavy atom. The zero-order valence-electron chi connectivity index (χ0n) is 11.1. The zero-order chi connectivity index (χ0) is 12.1. The Morgan fingerprint density at radius 1 is 1.59 bits per heavy atom. The van der Waals surface area contributed by atoms with Crippen molar-refractivity contribution < 1.29 is 4.79 Å². The van der Waals surface area contributed by atoms with E-state index >= 15 is 0 Å². The maximum Gasteiger partial charge on any atom is 0.237 e. The molecular weight excluding hydrogens is 238 g/mol. The van der Waals surface area contributed by atoms with Crippen LogP contribution in [0, 0.1) is 5.92 Å². The minimum atomic E-state index is -0.0264. The molecular formula is C12H26ClN3O. The van der Waals surface area contributed by atoms with E-state index in [-0.39, 0.29) is 24.4 Å². The number of piperidine rings is 1. The largest absolute Gasteiger partial charge is 0.355 e. The maximum absolute atomic E-state index is 11.8. The average Bonchev–Trinajstić information content (AvgIpc) is 2.28. The van der Waals surface area contributed by atoms with E-state index in [2.05, 4.69) is 24.1 Å². The second kappa shape index (κ2) is 7.90. The molecule has 1 aliphatic heterocycles. The van der Waals surface area contributed by atoms with E-state index in [1.165, 1.54) is 0 Å². The molecule has 3 N–H and O–H groups in total. The van der Waals surface area contributed by atoms with Crippen molar-refractivity contribution in [2.75, 3.05) is 19.6 Å². The van der Waals surface area contributed by atoms with Crippen molar-refractivity contribution in [3.63, 3.8) is 0 Å². The van der Waals surface area contributed by atoms with Gasteiger partial charge in [-0.05, 0) is 25.7 Å². The molecule has 0 spiro atoms. The molecule has 4 nitrogen and oxygen atoms in total. The molecule has 0 aromatic carbocycles. The molecule has 0 aromatic heterocycles. The third kappa shape index (κ3) is 4.82. The zero-order valence-corrected chi connectivity index (χ0v) is 11.9. The van der Waals surface area contributed by atoms with E-state index in [0.29, 0.717) is 12.0 Å². The molecule has 17 heavy (non-hydrogen) atoms. The molecule has 1 fully saturated rings. The molecule has 1 amide bonds. The molecule has 1 rings (SSSR count). The molecule has 102 valence electrons. The van der Waals surface area contributed by atoms with E-state index in [4.69, 9.17) is 5.73 Å². The molecule has 0 aromatic rings. The van der Waals surface area contributed by atoms with E-state index in [1.807, 2.05) is 6.92 Å². The fourth-order valence-electron chi connectivity index (χ4n) is 2.11. The Bertz CT molecular complexity index is 238. The summed E-state index contributed by atoms with van der Waals surface area (Å²) in [6.45, 7) is 8.84. The van der Waals surface area contributed by atoms with Crippen molar-refractivity contribution in [3.8, 4) is 0 Å². The highest BCUT2D eigenvalue weighted by Gasteiger charge is 2.28. The van der Waals surface area contributed by atoms with Gasteiger partial charge in [0.05, 0.1) is 6.04 Å². The minimum Gasteiger partial charge on any atom is -0.355 e. The van der Waals surface area contributed by atoms with E-state index < -0.39 is 0 Å². The van der Waals surface area contributed by atoms with Gasteiger partial charge < -0.3 is 11.1 Å². The molecule has 1 heterocycles. The second-order valence-corrected chi connectivity index (χ2v) is 4.89. The lowest BCUT2D eigenvalue weighted by atomic mass is 9.94. The van der Waals surface area contributed by atoms with Crippen LogP contribution in [0.5, 0.6) is 0 Å². The Kier molecular flexibility index (Phi) is 7.75. The number of amides is 1. The van der Waals surface area contributed by atoms with Gasteiger partial charge in [0.25, 0.3) is 0 Å². The molecule has 3 unspecified atom stereocenters. The van der Waals surface area contributed by atoms with Gasteiger partial charge in [0, 0.05) is 25.7 Å². The van der Waals surface area contributed by atoms with Crippen LogP contribution in [0.3, 0.4) is 0 Å². The van der Waals surface area contributed by atoms with Crippen molar-refractivity contribution in [2.45, 2.75) is 45.7 Å². The fraction of sp³-hybridized carbons (Fsp3) is 0.917. The Hall–Kier alpha value is -0.320. The van der Waals surface area contributed by atoms with Crippen molar-refractivity contribution >= 4 is 18.3 Å². The number of hydrogen-bond donors (Lipinski definition) is 2. The topological polar surface area (TPSA) is 58.4 Å². The molecule has 1 aliphatic rings. The number of nitrogens with two attached hydrogens (primary N) is 1. The van der Waals surface area contributed by atoms with Crippen LogP contribution < -0.4 is 11.1 Å². The third-order valence-corrected chi connectivity index (χ3v) is 3.48. The lowest BCUT2D eigenvalue weighted by Crippen LogP contribution is -2.53. The number of hydrogen-bond acceptors (Lipinski definition) is 3. The lowest BCUT2D eigenvalue weighted by Gasteiger charge is -2.38. The highest BCUT2D eigenvalue weighted by atomic mass is 35.5. The summed E-state index contributed by atoms with van der Waals surface area (Å²) < 4.78 is 0. The number of nitrogens with zero attached hydrogens (tertiary/aromatic N) is 1. The van der Waals surface area contributed by atoms with Crippen LogP contribution in [0.4, 0.5) is 0 Å². The quantitative estimate of drug-likeness (QED) is 0.795. The second-order valence-electron chi connectivity index (χ2n) is 4.89. The van der Waals surface area contributed by atoms with E-state index in [0.717, 1.165) is 32.5 Å². The van der Waals surface area contributed by atoms with Gasteiger partial charge in [0.15, 0.2) is 0 Å². The van der Waals surface area contributed by atoms with Gasteiger partial charge in [-0.3, -0.25) is 9.69 Å². The first-order valence-electron chi connectivity index (χ1n) is 6.33. The van der Waals surface area contributed by atoms with Crippen LogP contribution >= 0.6 is 12.4 Å². The number of rotatable bonds is 4. The van der Waals surface area contributed by atoms with Crippen molar-refractivity contribution in [3.05, 3.63) is 0 Å². The number of halogens is 1. The van der Waals surface area contributed by atoms with Gasteiger partial charge in [0.1, 0.15) is 0 Å². The third-order valence-electron chi connectivity index (χ3n) is 3.48. The monoisotopic (exact) mass is 263 g/mol. The van der Waals surface area contributed by atoms with E-state index in [9.17, 15) is 4.79 Å². The first-order chi connectivity index (χ1) is 7.56. The highest BCUT2D eigenvalue weighted by Crippen LogP contribution is 2.17. The van der Waals surface area contributed by atoms with Crippen LogP contribution in [-0.2, 0) is 4.79 Å². The average molecular weight is 264 g/mol. The van der Waals surface area contributed by atoms with Gasteiger partial charge in [-0.25, -0.2) is 0 Å². The summed E-state index contributed by atoms with van der Waals surface area (Å²) in [7, 11) is 0. The van der Waals surface area contributed by atoms with Gasteiger partial charge >= 0.3 is 0 Å². The SMILES string of the molecule is CCCNC(=O)C(C)N1CCC(N)C(C)C1.Cl. The standard InChI is InChI=1S/C12H25N3O.ClH/c1-4-6-14-12(16)10(3)15-7-5-11(13)9(2)8-15;/h9-11H,4-8,13H2,1-3H3,(H,14,16);1H. The summed E-state index contributed by atoms with van der Waals surface area (Å²) in [5, 5.41) is 2.94. The predicted octanol–water partition coefficient (Wildman–Crippen LogP) is 0.992. The summed E-state index contributed by atoms with van der Waals surface area (Å²) in [5.41, 5.74) is 5.97. The first-order valence-corrected chi connectivity index (χ1v) is 6.33. The number of likely N-dealkylation sites (tertiary alicyclic amines) is 1. The summed E-state index contributed by atoms with van der Waals surface area (Å²) in [5.74, 6) is 0.625. The molecule has 5 heteroatoms. The number of carbonyl (C=O) groups is 1. The normalized spacial score (nSPS) is 27.1. The Balaban J connectivity index is 0.00000256. The summed E-state index contributed by atoms with van der Waals surface area (Å²) in [6, 6.07) is 0.267. The summed E-state index contributed by atoms with van der Waals surface area (Å²) in [4.78, 5) is 14.0. The minimum absolute atomic E-state index is 0. The molecule has 1 saturated heterocycles. The van der Waals surface area contributed by atoms with Crippen LogP contribution in [0.25, 0.3) is 0 Å². The Morgan fingerprint density at radius 3 is 2.76 bits per heavy atom. The van der Waals surface area contributed by atoms with Crippen LogP contribution in [0.1, 0.15) is 33.6 Å². The van der Waals surface area contributed by atoms with E-state index in [1.54, 1.807) is 0 Å². The maximum atomic E-state index is 11.8. The first kappa shape index (κ1) is 16.7. The van der Waals surface area contributed by atoms with Crippen molar-refractivity contribution in [2.24, 2.45) is 11.7 Å². The van der Waals surface area contributed by atoms with Crippen LogP contribution in [-0.4, -0.2) is 42.5 Å². The summed E-state index contributed by atoms with van der Waals surface area (Å²) in [6.07, 6.45) is 1.98. The predicted molar refractivity (Wildman–Crippen MR) is 73.3 cm³/mol. The van der Waals surface area contributed by atoms with Gasteiger partial charge in [-0.15, -0.1) is 12.4 Å². The van der Waals surface area contributed by atoms with Crippen molar-refractivity contribution in [1.29, 1.82) is 0 Å². The molecule has 0 radical (unpaired) electrons. The molecule has 0 bridgehead atoms. The highest BCUT2D eigenvalue weighted by molar-refractivity contribution is 5.85. The Labute approximate surface area is 111 Å². The molecule has 3 atom stereocenters. The number of carbonyl (C=O) groups excluding carboxylic acids is 1. The number of nitrogens with one attached hydrogen (secondary N) is 1. The van der Waals surface area contributed by atoms with Gasteiger partial charge in [0.2, 0.25) is 5.91 Å². The smallest absolute Gasteiger partial charge is 0.237 e. The summed E-state index contributed by atoms with van der Waals surface area (Å²) >= 11 is 0.